The number of benzene rings is 1. The number of rotatable bonds is 6. The van der Waals surface area contributed by atoms with E-state index in [-0.39, 0.29) is 18.1 Å². The molecule has 1 heterocycles. The quantitative estimate of drug-likeness (QED) is 0.823. The molecule has 0 aliphatic heterocycles. The van der Waals surface area contributed by atoms with Gasteiger partial charge in [0.1, 0.15) is 12.4 Å². The Morgan fingerprint density at radius 2 is 1.96 bits per heavy atom. The lowest BCUT2D eigenvalue weighted by Gasteiger charge is -2.09. The number of H-pyrrole nitrogens is 1. The lowest BCUT2D eigenvalue weighted by atomic mass is 10.2. The van der Waals surface area contributed by atoms with Gasteiger partial charge in [-0.1, -0.05) is 25.5 Å². The van der Waals surface area contributed by atoms with Crippen molar-refractivity contribution in [2.75, 3.05) is 0 Å². The summed E-state index contributed by atoms with van der Waals surface area (Å²) in [6.07, 6.45) is -3.03. The van der Waals surface area contributed by atoms with Gasteiger partial charge in [-0.3, -0.25) is 5.10 Å². The van der Waals surface area contributed by atoms with E-state index in [2.05, 4.69) is 14.9 Å². The number of halogens is 3. The van der Waals surface area contributed by atoms with Crippen molar-refractivity contribution >= 4 is 5.97 Å². The molecule has 1 aromatic heterocycles. The normalized spacial score (nSPS) is 11.3. The summed E-state index contributed by atoms with van der Waals surface area (Å²) in [6.45, 7) is 1.94. The summed E-state index contributed by atoms with van der Waals surface area (Å²) in [6, 6.07) is 6.71. The molecule has 2 rings (SSSR count). The number of hydrogen-bond donors (Lipinski definition) is 1. The number of aromatic amines is 1. The predicted octanol–water partition coefficient (Wildman–Crippen LogP) is 3.62. The third kappa shape index (κ3) is 5.32. The number of aromatic nitrogens is 2. The summed E-state index contributed by atoms with van der Waals surface area (Å²) >= 11 is 0. The first-order valence-electron chi connectivity index (χ1n) is 6.93. The van der Waals surface area contributed by atoms with Gasteiger partial charge in [0.15, 0.2) is 5.69 Å². The van der Waals surface area contributed by atoms with Gasteiger partial charge in [-0.15, -0.1) is 13.2 Å². The van der Waals surface area contributed by atoms with Gasteiger partial charge in [-0.2, -0.15) is 5.10 Å². The molecule has 5 nitrogen and oxygen atoms in total. The van der Waals surface area contributed by atoms with E-state index in [1.54, 1.807) is 6.07 Å². The summed E-state index contributed by atoms with van der Waals surface area (Å²) in [4.78, 5) is 11.8. The minimum absolute atomic E-state index is 0.0684. The lowest BCUT2D eigenvalue weighted by molar-refractivity contribution is -0.274. The Morgan fingerprint density at radius 3 is 2.57 bits per heavy atom. The number of esters is 1. The van der Waals surface area contributed by atoms with Crippen LogP contribution in [0.15, 0.2) is 30.3 Å². The van der Waals surface area contributed by atoms with Gasteiger partial charge < -0.3 is 9.47 Å². The molecule has 0 atom stereocenters. The van der Waals surface area contributed by atoms with Crippen molar-refractivity contribution in [3.05, 3.63) is 47.3 Å². The monoisotopic (exact) mass is 328 g/mol. The number of carbonyl (C=O) groups is 1. The molecular weight excluding hydrogens is 313 g/mol. The van der Waals surface area contributed by atoms with E-state index in [9.17, 15) is 18.0 Å². The molecule has 1 N–H and O–H groups in total. The minimum atomic E-state index is -4.73. The second-order valence-electron chi connectivity index (χ2n) is 4.80. The maximum Gasteiger partial charge on any atom is 0.573 e. The van der Waals surface area contributed by atoms with Crippen LogP contribution in [-0.4, -0.2) is 22.5 Å². The van der Waals surface area contributed by atoms with Crippen LogP contribution >= 0.6 is 0 Å². The highest BCUT2D eigenvalue weighted by atomic mass is 19.4. The molecule has 0 spiro atoms. The van der Waals surface area contributed by atoms with E-state index in [4.69, 9.17) is 4.74 Å². The summed E-state index contributed by atoms with van der Waals surface area (Å²) in [7, 11) is 0. The van der Waals surface area contributed by atoms with Crippen molar-refractivity contribution in [2.45, 2.75) is 32.7 Å². The van der Waals surface area contributed by atoms with Gasteiger partial charge in [0.2, 0.25) is 0 Å². The fraction of sp³-hybridized carbons (Fsp3) is 0.333. The first-order valence-corrected chi connectivity index (χ1v) is 6.93. The molecule has 0 aliphatic rings. The second-order valence-corrected chi connectivity index (χ2v) is 4.80. The Kier molecular flexibility index (Phi) is 5.25. The van der Waals surface area contributed by atoms with Gasteiger partial charge in [-0.25, -0.2) is 4.79 Å². The summed E-state index contributed by atoms with van der Waals surface area (Å²) in [5.41, 5.74) is 1.55. The smallest absolute Gasteiger partial charge is 0.456 e. The molecule has 8 heteroatoms. The van der Waals surface area contributed by atoms with Crippen molar-refractivity contribution in [1.82, 2.24) is 10.2 Å². The third-order valence-corrected chi connectivity index (χ3v) is 2.89. The molecule has 0 fully saturated rings. The fourth-order valence-electron chi connectivity index (χ4n) is 1.87. The van der Waals surface area contributed by atoms with Gasteiger partial charge in [0.05, 0.1) is 0 Å². The van der Waals surface area contributed by atoms with Crippen LogP contribution in [0.4, 0.5) is 13.2 Å². The average molecular weight is 328 g/mol. The Bertz CT molecular complexity index is 651. The van der Waals surface area contributed by atoms with Gasteiger partial charge in [0.25, 0.3) is 0 Å². The van der Waals surface area contributed by atoms with Crippen LogP contribution in [0.2, 0.25) is 0 Å². The van der Waals surface area contributed by atoms with Crippen molar-refractivity contribution in [1.29, 1.82) is 0 Å². The number of alkyl halides is 3. The molecule has 0 unspecified atom stereocenters. The highest BCUT2D eigenvalue weighted by Crippen LogP contribution is 2.22. The predicted molar refractivity (Wildman–Crippen MR) is 74.8 cm³/mol. The van der Waals surface area contributed by atoms with Gasteiger partial charge >= 0.3 is 12.3 Å². The van der Waals surface area contributed by atoms with E-state index in [0.29, 0.717) is 5.56 Å². The Hall–Kier alpha value is -2.51. The topological polar surface area (TPSA) is 64.2 Å². The summed E-state index contributed by atoms with van der Waals surface area (Å²) in [5, 5.41) is 6.60. The molecule has 23 heavy (non-hydrogen) atoms. The van der Waals surface area contributed by atoms with E-state index in [1.807, 2.05) is 6.92 Å². The van der Waals surface area contributed by atoms with Crippen LogP contribution in [0.1, 0.15) is 35.1 Å². The maximum absolute atomic E-state index is 12.0. The Balaban J connectivity index is 1.88. The minimum Gasteiger partial charge on any atom is -0.456 e. The lowest BCUT2D eigenvalue weighted by Crippen LogP contribution is -2.17. The van der Waals surface area contributed by atoms with Gasteiger partial charge in [-0.05, 0) is 30.2 Å². The molecule has 0 aliphatic carbocycles. The van der Waals surface area contributed by atoms with E-state index >= 15 is 0 Å². The standard InChI is InChI=1S/C15H15F3N2O3/c1-2-3-11-8-13(20-19-11)14(21)22-9-10-4-6-12(7-5-10)23-15(16,17)18/h4-8H,2-3,9H2,1H3,(H,19,20). The number of carbonyl (C=O) groups excluding carboxylic acids is 1. The first kappa shape index (κ1) is 16.9. The number of aryl methyl sites for hydroxylation is 1. The third-order valence-electron chi connectivity index (χ3n) is 2.89. The zero-order valence-corrected chi connectivity index (χ0v) is 12.3. The number of hydrogen-bond acceptors (Lipinski definition) is 4. The fourth-order valence-corrected chi connectivity index (χ4v) is 1.87. The summed E-state index contributed by atoms with van der Waals surface area (Å²) < 4.78 is 44.9. The van der Waals surface area contributed by atoms with E-state index in [1.165, 1.54) is 12.1 Å². The highest BCUT2D eigenvalue weighted by molar-refractivity contribution is 5.87. The number of ether oxygens (including phenoxy) is 2. The molecule has 0 saturated heterocycles. The second kappa shape index (κ2) is 7.17. The van der Waals surface area contributed by atoms with Crippen molar-refractivity contribution in [2.24, 2.45) is 0 Å². The van der Waals surface area contributed by atoms with Crippen molar-refractivity contribution < 1.29 is 27.4 Å². The molecule has 0 radical (unpaired) electrons. The van der Waals surface area contributed by atoms with Crippen molar-refractivity contribution in [3.8, 4) is 5.75 Å². The highest BCUT2D eigenvalue weighted by Gasteiger charge is 2.30. The Morgan fingerprint density at radius 1 is 1.26 bits per heavy atom. The van der Waals surface area contributed by atoms with Crippen molar-refractivity contribution in [3.63, 3.8) is 0 Å². The number of nitrogens with one attached hydrogen (secondary N) is 1. The average Bonchev–Trinajstić information content (AvgIpc) is 2.94. The number of nitrogens with zero attached hydrogens (tertiary/aromatic N) is 1. The molecule has 0 saturated carbocycles. The summed E-state index contributed by atoms with van der Waals surface area (Å²) in [5.74, 6) is -0.927. The maximum atomic E-state index is 12.0. The van der Waals surface area contributed by atoms with Crippen LogP contribution in [-0.2, 0) is 17.8 Å². The zero-order chi connectivity index (χ0) is 16.9. The first-order chi connectivity index (χ1) is 10.9. The molecule has 1 aromatic carbocycles. The van der Waals surface area contributed by atoms with Crippen LogP contribution in [0.25, 0.3) is 0 Å². The molecular formula is C15H15F3N2O3. The van der Waals surface area contributed by atoms with Crippen LogP contribution in [0.5, 0.6) is 5.75 Å². The van der Waals surface area contributed by atoms with Crippen LogP contribution in [0.3, 0.4) is 0 Å². The Labute approximate surface area is 130 Å². The SMILES string of the molecule is CCCc1cc(C(=O)OCc2ccc(OC(F)(F)F)cc2)n[nH]1. The van der Waals surface area contributed by atoms with Crippen LogP contribution < -0.4 is 4.74 Å². The molecule has 2 aromatic rings. The zero-order valence-electron chi connectivity index (χ0n) is 12.3. The van der Waals surface area contributed by atoms with E-state index < -0.39 is 12.3 Å². The molecule has 0 bridgehead atoms. The van der Waals surface area contributed by atoms with Gasteiger partial charge in [0, 0.05) is 5.69 Å². The molecule has 124 valence electrons. The van der Waals surface area contributed by atoms with Crippen LogP contribution in [0, 0.1) is 0 Å². The largest absolute Gasteiger partial charge is 0.573 e. The molecule has 0 amide bonds. The van der Waals surface area contributed by atoms with E-state index in [0.717, 1.165) is 30.7 Å².